The van der Waals surface area contributed by atoms with E-state index in [1.807, 2.05) is 29.5 Å². The molecular weight excluding hydrogens is 661 g/mol. The van der Waals surface area contributed by atoms with Crippen molar-refractivity contribution >= 4 is 42.3 Å². The number of hydrogen-bond acceptors (Lipinski definition) is 3. The highest BCUT2D eigenvalue weighted by Crippen LogP contribution is 2.41. The van der Waals surface area contributed by atoms with E-state index in [-0.39, 0.29) is 0 Å². The maximum absolute atomic E-state index is 5.25. The van der Waals surface area contributed by atoms with Gasteiger partial charge in [-0.1, -0.05) is 152 Å². The van der Waals surface area contributed by atoms with Gasteiger partial charge in [0.2, 0.25) is 0 Å². The van der Waals surface area contributed by atoms with Gasteiger partial charge in [-0.3, -0.25) is 0 Å². The molecular formula is C50H32N2S. The summed E-state index contributed by atoms with van der Waals surface area (Å²) in [5.41, 5.74) is 11.8. The Kier molecular flexibility index (Phi) is 7.71. The molecule has 0 aliphatic heterocycles. The van der Waals surface area contributed by atoms with Gasteiger partial charge in [-0.15, -0.1) is 11.3 Å². The number of aromatic nitrogens is 2. The van der Waals surface area contributed by atoms with Crippen molar-refractivity contribution in [2.75, 3.05) is 0 Å². The van der Waals surface area contributed by atoms with Gasteiger partial charge in [-0.25, -0.2) is 9.97 Å². The van der Waals surface area contributed by atoms with Crippen LogP contribution in [0.2, 0.25) is 0 Å². The topological polar surface area (TPSA) is 25.8 Å². The fourth-order valence-electron chi connectivity index (χ4n) is 7.41. The predicted octanol–water partition coefficient (Wildman–Crippen LogP) is 14.0. The van der Waals surface area contributed by atoms with Gasteiger partial charge < -0.3 is 0 Å². The third kappa shape index (κ3) is 5.87. The number of benzene rings is 8. The van der Waals surface area contributed by atoms with Crippen LogP contribution in [0.3, 0.4) is 0 Å². The molecule has 2 aromatic heterocycles. The fraction of sp³-hybridized carbons (Fsp3) is 0. The van der Waals surface area contributed by atoms with E-state index in [9.17, 15) is 0 Å². The quantitative estimate of drug-likeness (QED) is 0.173. The Morgan fingerprint density at radius 2 is 0.849 bits per heavy atom. The molecule has 0 saturated carbocycles. The van der Waals surface area contributed by atoms with E-state index in [1.165, 1.54) is 42.1 Å². The lowest BCUT2D eigenvalue weighted by molar-refractivity contribution is 1.18. The van der Waals surface area contributed by atoms with Crippen molar-refractivity contribution < 1.29 is 0 Å². The van der Waals surface area contributed by atoms with E-state index in [1.54, 1.807) is 0 Å². The lowest BCUT2D eigenvalue weighted by Gasteiger charge is -2.14. The first-order chi connectivity index (χ1) is 26.2. The highest BCUT2D eigenvalue weighted by molar-refractivity contribution is 7.26. The Morgan fingerprint density at radius 1 is 0.302 bits per heavy atom. The Bertz CT molecular complexity index is 2930. The van der Waals surface area contributed by atoms with Crippen molar-refractivity contribution in [2.24, 2.45) is 0 Å². The summed E-state index contributed by atoms with van der Waals surface area (Å²) in [5.74, 6) is 0.703. The summed E-state index contributed by atoms with van der Waals surface area (Å²) < 4.78 is 2.60. The minimum Gasteiger partial charge on any atom is -0.228 e. The molecule has 0 amide bonds. The van der Waals surface area contributed by atoms with Crippen LogP contribution >= 0.6 is 11.3 Å². The summed E-state index contributed by atoms with van der Waals surface area (Å²) in [6, 6.07) is 69.2. The Morgan fingerprint density at radius 3 is 1.60 bits per heavy atom. The van der Waals surface area contributed by atoms with Crippen LogP contribution in [0.1, 0.15) is 0 Å². The first-order valence-corrected chi connectivity index (χ1v) is 18.7. The molecule has 10 rings (SSSR count). The van der Waals surface area contributed by atoms with Crippen LogP contribution in [-0.2, 0) is 0 Å². The van der Waals surface area contributed by atoms with Gasteiger partial charge in [-0.2, -0.15) is 0 Å². The minimum absolute atomic E-state index is 0.703. The average molecular weight is 693 g/mol. The standard InChI is InChI=1S/C50H32N2S/c1-4-13-33(14-5-1)37-20-12-21-39(27-37)45-32-46(52-50(51-45)36-18-8-3-9-19-36)42-29-40(34-15-6-2-7-16-34)28-41(30-42)38-23-25-44-48(31-38)53-47-26-24-35-17-10-11-22-43(35)49(44)47/h1-32H. The highest BCUT2D eigenvalue weighted by atomic mass is 32.1. The molecule has 0 spiro atoms. The van der Waals surface area contributed by atoms with Crippen molar-refractivity contribution in [1.82, 2.24) is 9.97 Å². The van der Waals surface area contributed by atoms with Crippen LogP contribution in [0, 0.1) is 0 Å². The van der Waals surface area contributed by atoms with E-state index >= 15 is 0 Å². The molecule has 0 fully saturated rings. The van der Waals surface area contributed by atoms with Gasteiger partial charge in [0.25, 0.3) is 0 Å². The molecule has 8 aromatic carbocycles. The van der Waals surface area contributed by atoms with Crippen molar-refractivity contribution in [3.05, 3.63) is 194 Å². The molecule has 0 bridgehead atoms. The van der Waals surface area contributed by atoms with E-state index < -0.39 is 0 Å². The van der Waals surface area contributed by atoms with Gasteiger partial charge in [0.05, 0.1) is 11.4 Å². The lowest BCUT2D eigenvalue weighted by atomic mass is 9.94. The Balaban J connectivity index is 1.16. The number of fused-ring (bicyclic) bond motifs is 5. The van der Waals surface area contributed by atoms with Gasteiger partial charge in [-0.05, 0) is 86.6 Å². The third-order valence-corrected chi connectivity index (χ3v) is 11.2. The van der Waals surface area contributed by atoms with Crippen LogP contribution in [-0.4, -0.2) is 9.97 Å². The summed E-state index contributed by atoms with van der Waals surface area (Å²) in [6.45, 7) is 0. The number of rotatable bonds is 6. The third-order valence-electron chi connectivity index (χ3n) is 10.1. The van der Waals surface area contributed by atoms with E-state index in [2.05, 4.69) is 176 Å². The van der Waals surface area contributed by atoms with Crippen LogP contribution in [0.4, 0.5) is 0 Å². The molecule has 248 valence electrons. The largest absolute Gasteiger partial charge is 0.228 e. The smallest absolute Gasteiger partial charge is 0.160 e. The molecule has 2 nitrogen and oxygen atoms in total. The first kappa shape index (κ1) is 31.1. The molecule has 0 aliphatic rings. The van der Waals surface area contributed by atoms with Crippen LogP contribution in [0.5, 0.6) is 0 Å². The fourth-order valence-corrected chi connectivity index (χ4v) is 8.57. The van der Waals surface area contributed by atoms with Crippen molar-refractivity contribution in [1.29, 1.82) is 0 Å². The Labute approximate surface area is 312 Å². The van der Waals surface area contributed by atoms with Crippen LogP contribution in [0.25, 0.3) is 98.2 Å². The monoisotopic (exact) mass is 692 g/mol. The van der Waals surface area contributed by atoms with E-state index in [0.717, 1.165) is 50.3 Å². The zero-order valence-corrected chi connectivity index (χ0v) is 29.6. The van der Waals surface area contributed by atoms with Gasteiger partial charge in [0, 0.05) is 36.9 Å². The molecule has 0 atom stereocenters. The normalized spacial score (nSPS) is 11.4. The van der Waals surface area contributed by atoms with Crippen LogP contribution < -0.4 is 0 Å². The predicted molar refractivity (Wildman–Crippen MR) is 225 cm³/mol. The SMILES string of the molecule is c1ccc(-c2cccc(-c3cc(-c4cc(-c5ccccc5)cc(-c5ccc6c(c5)sc5ccc7ccccc7c56)c4)nc(-c4ccccc4)n3)c2)cc1. The van der Waals surface area contributed by atoms with E-state index in [0.29, 0.717) is 5.82 Å². The van der Waals surface area contributed by atoms with Crippen molar-refractivity contribution in [3.63, 3.8) is 0 Å². The molecule has 0 N–H and O–H groups in total. The molecule has 53 heavy (non-hydrogen) atoms. The molecule has 0 unspecified atom stereocenters. The summed E-state index contributed by atoms with van der Waals surface area (Å²) in [5, 5.41) is 5.22. The van der Waals surface area contributed by atoms with Gasteiger partial charge >= 0.3 is 0 Å². The maximum Gasteiger partial charge on any atom is 0.160 e. The minimum atomic E-state index is 0.703. The summed E-state index contributed by atoms with van der Waals surface area (Å²) in [4.78, 5) is 10.4. The summed E-state index contributed by atoms with van der Waals surface area (Å²) in [6.07, 6.45) is 0. The molecule has 10 aromatic rings. The Hall–Kier alpha value is -6.68. The second kappa shape index (κ2) is 13.1. The number of nitrogens with zero attached hydrogens (tertiary/aromatic N) is 2. The molecule has 0 saturated heterocycles. The zero-order valence-electron chi connectivity index (χ0n) is 28.8. The number of hydrogen-bond donors (Lipinski definition) is 0. The first-order valence-electron chi connectivity index (χ1n) is 17.9. The molecule has 2 heterocycles. The second-order valence-corrected chi connectivity index (χ2v) is 14.5. The molecule has 3 heteroatoms. The van der Waals surface area contributed by atoms with Gasteiger partial charge in [0.15, 0.2) is 5.82 Å². The van der Waals surface area contributed by atoms with Gasteiger partial charge in [0.1, 0.15) is 0 Å². The maximum atomic E-state index is 5.25. The average Bonchev–Trinajstić information content (AvgIpc) is 3.63. The molecule has 0 radical (unpaired) electrons. The van der Waals surface area contributed by atoms with E-state index in [4.69, 9.17) is 9.97 Å². The van der Waals surface area contributed by atoms with Crippen molar-refractivity contribution in [2.45, 2.75) is 0 Å². The lowest BCUT2D eigenvalue weighted by Crippen LogP contribution is -1.96. The van der Waals surface area contributed by atoms with Crippen molar-refractivity contribution in [3.8, 4) is 67.3 Å². The highest BCUT2D eigenvalue weighted by Gasteiger charge is 2.16. The number of thiophene rings is 1. The zero-order chi connectivity index (χ0) is 35.1. The molecule has 0 aliphatic carbocycles. The second-order valence-electron chi connectivity index (χ2n) is 13.4. The van der Waals surface area contributed by atoms with Crippen LogP contribution in [0.15, 0.2) is 194 Å². The summed E-state index contributed by atoms with van der Waals surface area (Å²) >= 11 is 1.86. The summed E-state index contributed by atoms with van der Waals surface area (Å²) in [7, 11) is 0.